The molecule has 0 amide bonds. The summed E-state index contributed by atoms with van der Waals surface area (Å²) in [4.78, 5) is 9.34. The van der Waals surface area contributed by atoms with Crippen molar-refractivity contribution in [1.29, 1.82) is 0 Å². The molecule has 2 nitrogen and oxygen atoms in total. The van der Waals surface area contributed by atoms with Crippen molar-refractivity contribution in [2.45, 2.75) is 31.7 Å². The minimum atomic E-state index is -0.114. The fraction of sp³-hybridized carbons (Fsp3) is 0.194. The van der Waals surface area contributed by atoms with E-state index in [9.17, 15) is 0 Å². The normalized spacial score (nSPS) is 17.6. The van der Waals surface area contributed by atoms with Gasteiger partial charge in [0.15, 0.2) is 0 Å². The van der Waals surface area contributed by atoms with Gasteiger partial charge in [-0.25, -0.2) is 0 Å². The number of fused-ring (bicyclic) bond motifs is 2. The molecular formula is C31H28IN2S-. The van der Waals surface area contributed by atoms with E-state index in [0.29, 0.717) is 6.04 Å². The summed E-state index contributed by atoms with van der Waals surface area (Å²) in [5.74, 6) is 1.20. The summed E-state index contributed by atoms with van der Waals surface area (Å²) in [5.41, 5.74) is 6.94. The average Bonchev–Trinajstić information content (AvgIpc) is 3.37. The van der Waals surface area contributed by atoms with Crippen molar-refractivity contribution < 1.29 is 21.2 Å². The van der Waals surface area contributed by atoms with Gasteiger partial charge in [0.2, 0.25) is 0 Å². The maximum absolute atomic E-state index is 5.31. The van der Waals surface area contributed by atoms with Gasteiger partial charge in [0.25, 0.3) is 0 Å². The van der Waals surface area contributed by atoms with Crippen LogP contribution in [-0.2, 0) is 0 Å². The van der Waals surface area contributed by atoms with Crippen LogP contribution in [0.15, 0.2) is 101 Å². The van der Waals surface area contributed by atoms with Gasteiger partial charge >= 0.3 is 223 Å². The van der Waals surface area contributed by atoms with Gasteiger partial charge in [0.05, 0.1) is 0 Å². The summed E-state index contributed by atoms with van der Waals surface area (Å²) >= 11 is 1.76. The maximum atomic E-state index is 5.31. The van der Waals surface area contributed by atoms with Gasteiger partial charge in [-0.05, 0) is 0 Å². The molecule has 1 atom stereocenters. The summed E-state index contributed by atoms with van der Waals surface area (Å²) in [6.45, 7) is 0. The van der Waals surface area contributed by atoms with E-state index in [4.69, 9.17) is 4.98 Å². The Morgan fingerprint density at radius 3 is 2.29 bits per heavy atom. The van der Waals surface area contributed by atoms with Crippen LogP contribution in [0.5, 0.6) is 0 Å². The number of hydrogen-bond donors (Lipinski definition) is 0. The van der Waals surface area contributed by atoms with Crippen molar-refractivity contribution in [2.24, 2.45) is 0 Å². The van der Waals surface area contributed by atoms with Crippen molar-refractivity contribution in [1.82, 2.24) is 4.98 Å². The first-order valence-electron chi connectivity index (χ1n) is 12.3. The van der Waals surface area contributed by atoms with Crippen LogP contribution in [-0.4, -0.2) is 15.6 Å². The predicted octanol–water partition coefficient (Wildman–Crippen LogP) is 5.09. The number of hydrogen-bond acceptors (Lipinski definition) is 3. The van der Waals surface area contributed by atoms with Gasteiger partial charge in [-0.3, -0.25) is 0 Å². The fourth-order valence-corrected chi connectivity index (χ4v) is 8.46. The Morgan fingerprint density at radius 1 is 0.857 bits per heavy atom. The van der Waals surface area contributed by atoms with Crippen LogP contribution in [0, 0.1) is 0 Å². The third-order valence-electron chi connectivity index (χ3n) is 6.81. The molecule has 1 unspecified atom stereocenters. The van der Waals surface area contributed by atoms with E-state index in [2.05, 4.69) is 106 Å². The van der Waals surface area contributed by atoms with Crippen molar-refractivity contribution in [3.05, 3.63) is 117 Å². The summed E-state index contributed by atoms with van der Waals surface area (Å²) < 4.78 is 3.53. The molecule has 1 aliphatic carbocycles. The number of benzene rings is 3. The summed E-state index contributed by atoms with van der Waals surface area (Å²) in [7, 11) is 0. The molecule has 35 heavy (non-hydrogen) atoms. The Morgan fingerprint density at radius 2 is 1.54 bits per heavy atom. The van der Waals surface area contributed by atoms with Gasteiger partial charge in [0.1, 0.15) is 0 Å². The first-order chi connectivity index (χ1) is 17.4. The van der Waals surface area contributed by atoms with Crippen LogP contribution in [0.2, 0.25) is 0 Å². The molecule has 4 aromatic rings. The first-order valence-corrected chi connectivity index (χ1v) is 15.9. The van der Waals surface area contributed by atoms with E-state index < -0.39 is 0 Å². The second kappa shape index (κ2) is 10.5. The minimum absolute atomic E-state index is 0.114. The molecule has 4 heteroatoms. The Labute approximate surface area is 222 Å². The van der Waals surface area contributed by atoms with Crippen LogP contribution >= 0.6 is 11.3 Å². The molecule has 1 aromatic heterocycles. The molecule has 176 valence electrons. The third kappa shape index (κ3) is 4.74. The molecule has 6 rings (SSSR count). The predicted molar refractivity (Wildman–Crippen MR) is 145 cm³/mol. The molecule has 2 aliphatic rings. The summed E-state index contributed by atoms with van der Waals surface area (Å²) in [5, 5.41) is 1.13. The Hall–Kier alpha value is -2.70. The quantitative estimate of drug-likeness (QED) is 0.178. The standard InChI is InChI=1S/C31H28IN2S/c1-4-12-23(13-5-1)20-21-32-22-34-27-19-11-10-18-26(27)28(24-14-6-2-7-15-24)29-30(34)33-31(35-29)25-16-8-3-9-17-25/h1-9,12-17,20-21,27H,10-11,18-19,22H2/q-1/b21-20-. The molecule has 0 spiro atoms. The fourth-order valence-electron chi connectivity index (χ4n) is 5.15. The van der Waals surface area contributed by atoms with E-state index in [0.717, 1.165) is 9.56 Å². The van der Waals surface area contributed by atoms with Crippen LogP contribution in [0.25, 0.3) is 22.2 Å². The zero-order chi connectivity index (χ0) is 23.5. The zero-order valence-corrected chi connectivity index (χ0v) is 22.6. The number of nitrogens with zero attached hydrogens (tertiary/aromatic N) is 2. The van der Waals surface area contributed by atoms with Crippen LogP contribution < -0.4 is 26.1 Å². The second-order valence-corrected chi connectivity index (χ2v) is 12.3. The molecule has 0 bridgehead atoms. The number of anilines is 1. The van der Waals surface area contributed by atoms with Gasteiger partial charge in [-0.2, -0.15) is 0 Å². The van der Waals surface area contributed by atoms with Crippen molar-refractivity contribution in [3.8, 4) is 10.6 Å². The Bertz CT molecular complexity index is 1340. The molecule has 1 saturated carbocycles. The molecule has 1 aliphatic heterocycles. The number of aromatic nitrogens is 1. The van der Waals surface area contributed by atoms with E-state index in [1.807, 2.05) is 11.3 Å². The first kappa shape index (κ1) is 22.7. The average molecular weight is 588 g/mol. The van der Waals surface area contributed by atoms with E-state index >= 15 is 0 Å². The van der Waals surface area contributed by atoms with Gasteiger partial charge in [-0.1, -0.05) is 0 Å². The van der Waals surface area contributed by atoms with Crippen molar-refractivity contribution in [2.75, 3.05) is 9.45 Å². The molecule has 1 fully saturated rings. The summed E-state index contributed by atoms with van der Waals surface area (Å²) in [6.07, 6.45) is 7.31. The molecular weight excluding hydrogens is 559 g/mol. The van der Waals surface area contributed by atoms with Gasteiger partial charge < -0.3 is 0 Å². The zero-order valence-electron chi connectivity index (χ0n) is 19.6. The molecule has 0 radical (unpaired) electrons. The number of halogens is 1. The number of alkyl halides is 1. The van der Waals surface area contributed by atoms with Crippen LogP contribution in [0.4, 0.5) is 5.82 Å². The number of thiazole rings is 1. The van der Waals surface area contributed by atoms with Crippen molar-refractivity contribution in [3.63, 3.8) is 0 Å². The number of rotatable bonds is 6. The molecule has 0 N–H and O–H groups in total. The van der Waals surface area contributed by atoms with Crippen molar-refractivity contribution >= 4 is 28.8 Å². The monoisotopic (exact) mass is 587 g/mol. The third-order valence-corrected chi connectivity index (χ3v) is 9.91. The Kier molecular flexibility index (Phi) is 6.83. The van der Waals surface area contributed by atoms with E-state index in [1.54, 1.807) is 5.57 Å². The van der Waals surface area contributed by atoms with E-state index in [1.165, 1.54) is 58.6 Å². The molecule has 2 heterocycles. The van der Waals surface area contributed by atoms with Crippen LogP contribution in [0.3, 0.4) is 0 Å². The summed E-state index contributed by atoms with van der Waals surface area (Å²) in [6, 6.07) is 32.9. The van der Waals surface area contributed by atoms with Gasteiger partial charge in [0, 0.05) is 0 Å². The second-order valence-electron chi connectivity index (χ2n) is 9.01. The topological polar surface area (TPSA) is 16.1 Å². The van der Waals surface area contributed by atoms with E-state index in [-0.39, 0.29) is 21.2 Å². The molecule has 3 aromatic carbocycles. The molecule has 0 saturated heterocycles. The van der Waals surface area contributed by atoms with Crippen LogP contribution in [0.1, 0.15) is 41.7 Å². The van der Waals surface area contributed by atoms with Gasteiger partial charge in [-0.15, -0.1) is 0 Å². The Balaban J connectivity index is 1.40. The SMILES string of the molecule is C(=C/c1ccccc1)/[I-]CN1c2nc(-c3ccccc3)sc2C(c2ccccc2)=C2CCCCC21.